The van der Waals surface area contributed by atoms with Gasteiger partial charge in [0, 0.05) is 29.3 Å². The Morgan fingerprint density at radius 3 is 2.90 bits per heavy atom. The van der Waals surface area contributed by atoms with Gasteiger partial charge in [0.2, 0.25) is 0 Å². The average molecular weight is 362 g/mol. The van der Waals surface area contributed by atoms with Crippen LogP contribution in [0, 0.1) is 0 Å². The van der Waals surface area contributed by atoms with Crippen LogP contribution in [-0.2, 0) is 6.42 Å². The predicted molar refractivity (Wildman–Crippen MR) is 91.7 cm³/mol. The Morgan fingerprint density at radius 2 is 2.14 bits per heavy atom. The molecule has 0 aliphatic rings. The van der Waals surface area contributed by atoms with Gasteiger partial charge in [-0.2, -0.15) is 0 Å². The van der Waals surface area contributed by atoms with Crippen molar-refractivity contribution in [3.05, 3.63) is 57.8 Å². The Hall–Kier alpha value is -1.30. The number of likely N-dealkylation sites (N-methyl/N-ethyl adjacent to an activating group) is 1. The van der Waals surface area contributed by atoms with Crippen LogP contribution in [0.4, 0.5) is 0 Å². The van der Waals surface area contributed by atoms with Crippen LogP contribution >= 0.6 is 27.3 Å². The van der Waals surface area contributed by atoms with Gasteiger partial charge in [-0.1, -0.05) is 19.1 Å². The van der Waals surface area contributed by atoms with Gasteiger partial charge in [0.25, 0.3) is 0 Å². The summed E-state index contributed by atoms with van der Waals surface area (Å²) < 4.78 is 2.25. The molecule has 0 spiro atoms. The summed E-state index contributed by atoms with van der Waals surface area (Å²) in [4.78, 5) is 9.00. The predicted octanol–water partition coefficient (Wildman–Crippen LogP) is 4.35. The van der Waals surface area contributed by atoms with Gasteiger partial charge < -0.3 is 5.32 Å². The lowest BCUT2D eigenvalue weighted by Gasteiger charge is -2.16. The van der Waals surface area contributed by atoms with Gasteiger partial charge >= 0.3 is 0 Å². The molecule has 3 nitrogen and oxygen atoms in total. The molecule has 0 bridgehead atoms. The number of rotatable bonds is 5. The number of hydrogen-bond acceptors (Lipinski definition) is 4. The molecule has 108 valence electrons. The van der Waals surface area contributed by atoms with Gasteiger partial charge in [-0.25, -0.2) is 4.98 Å². The van der Waals surface area contributed by atoms with Crippen molar-refractivity contribution in [2.45, 2.75) is 19.4 Å². The summed E-state index contributed by atoms with van der Waals surface area (Å²) in [6.45, 7) is 3.04. The fourth-order valence-electron chi connectivity index (χ4n) is 2.35. The third-order valence-corrected chi connectivity index (χ3v) is 4.79. The number of thiazole rings is 1. The maximum absolute atomic E-state index is 4.73. The van der Waals surface area contributed by atoms with E-state index in [1.54, 1.807) is 11.3 Å². The quantitative estimate of drug-likeness (QED) is 0.733. The minimum Gasteiger partial charge on any atom is -0.310 e. The SMILES string of the molecule is CCNC(Cc1nc2ccccc2s1)c1cncc(Br)c1. The number of benzene rings is 1. The lowest BCUT2D eigenvalue weighted by atomic mass is 10.1. The highest BCUT2D eigenvalue weighted by Crippen LogP contribution is 2.26. The van der Waals surface area contributed by atoms with Gasteiger partial charge in [0.15, 0.2) is 0 Å². The van der Waals surface area contributed by atoms with E-state index in [-0.39, 0.29) is 6.04 Å². The molecule has 0 fully saturated rings. The number of halogens is 1. The number of para-hydroxylation sites is 1. The van der Waals surface area contributed by atoms with Gasteiger partial charge in [-0.15, -0.1) is 11.3 Å². The topological polar surface area (TPSA) is 37.8 Å². The normalized spacial score (nSPS) is 12.7. The van der Waals surface area contributed by atoms with Crippen LogP contribution in [-0.4, -0.2) is 16.5 Å². The zero-order chi connectivity index (χ0) is 14.7. The van der Waals surface area contributed by atoms with Crippen LogP contribution in [0.2, 0.25) is 0 Å². The van der Waals surface area contributed by atoms with Crippen molar-refractivity contribution in [3.8, 4) is 0 Å². The van der Waals surface area contributed by atoms with E-state index in [1.807, 2.05) is 18.5 Å². The Kier molecular flexibility index (Phi) is 4.63. The third kappa shape index (κ3) is 3.48. The second-order valence-electron chi connectivity index (χ2n) is 4.83. The van der Waals surface area contributed by atoms with Crippen molar-refractivity contribution in [1.82, 2.24) is 15.3 Å². The summed E-state index contributed by atoms with van der Waals surface area (Å²) >= 11 is 5.26. The maximum Gasteiger partial charge on any atom is 0.0957 e. The van der Waals surface area contributed by atoms with Crippen LogP contribution < -0.4 is 5.32 Å². The summed E-state index contributed by atoms with van der Waals surface area (Å²) in [5.41, 5.74) is 2.27. The molecule has 1 aromatic carbocycles. The highest BCUT2D eigenvalue weighted by molar-refractivity contribution is 9.10. The molecule has 0 saturated carbocycles. The highest BCUT2D eigenvalue weighted by Gasteiger charge is 2.14. The second-order valence-corrected chi connectivity index (χ2v) is 6.86. The van der Waals surface area contributed by atoms with Crippen molar-refractivity contribution in [2.24, 2.45) is 0 Å². The first-order valence-corrected chi connectivity index (χ1v) is 8.55. The van der Waals surface area contributed by atoms with E-state index >= 15 is 0 Å². The summed E-state index contributed by atoms with van der Waals surface area (Å²) in [6.07, 6.45) is 4.61. The van der Waals surface area contributed by atoms with Crippen molar-refractivity contribution in [2.75, 3.05) is 6.54 Å². The molecule has 0 amide bonds. The standard InChI is InChI=1S/C16H16BrN3S/c1-2-19-14(11-7-12(17)10-18-9-11)8-16-20-13-5-3-4-6-15(13)21-16/h3-7,9-10,14,19H,2,8H2,1H3. The molecule has 1 atom stereocenters. The van der Waals surface area contributed by atoms with E-state index in [1.165, 1.54) is 10.3 Å². The van der Waals surface area contributed by atoms with E-state index in [4.69, 9.17) is 4.98 Å². The molecular formula is C16H16BrN3S. The van der Waals surface area contributed by atoms with E-state index < -0.39 is 0 Å². The first kappa shape index (κ1) is 14.6. The second kappa shape index (κ2) is 6.64. The Labute approximate surface area is 136 Å². The summed E-state index contributed by atoms with van der Waals surface area (Å²) in [5.74, 6) is 0. The zero-order valence-electron chi connectivity index (χ0n) is 11.7. The number of nitrogens with one attached hydrogen (secondary N) is 1. The molecule has 0 aliphatic carbocycles. The smallest absolute Gasteiger partial charge is 0.0957 e. The number of nitrogens with zero attached hydrogens (tertiary/aromatic N) is 2. The molecular weight excluding hydrogens is 346 g/mol. The first-order valence-electron chi connectivity index (χ1n) is 6.94. The molecule has 0 aliphatic heterocycles. The van der Waals surface area contributed by atoms with Crippen LogP contribution in [0.1, 0.15) is 23.5 Å². The van der Waals surface area contributed by atoms with Crippen molar-refractivity contribution < 1.29 is 0 Å². The van der Waals surface area contributed by atoms with Gasteiger partial charge in [0.1, 0.15) is 0 Å². The van der Waals surface area contributed by atoms with Gasteiger partial charge in [-0.3, -0.25) is 4.98 Å². The van der Waals surface area contributed by atoms with Crippen molar-refractivity contribution in [3.63, 3.8) is 0 Å². The lowest BCUT2D eigenvalue weighted by Crippen LogP contribution is -2.23. The number of hydrogen-bond donors (Lipinski definition) is 1. The van der Waals surface area contributed by atoms with Gasteiger partial charge in [-0.05, 0) is 46.2 Å². The summed E-state index contributed by atoms with van der Waals surface area (Å²) in [7, 11) is 0. The highest BCUT2D eigenvalue weighted by atomic mass is 79.9. The van der Waals surface area contributed by atoms with E-state index in [0.29, 0.717) is 0 Å². The van der Waals surface area contributed by atoms with Crippen LogP contribution in [0.25, 0.3) is 10.2 Å². The number of aromatic nitrogens is 2. The Morgan fingerprint density at radius 1 is 1.29 bits per heavy atom. The van der Waals surface area contributed by atoms with Crippen LogP contribution in [0.5, 0.6) is 0 Å². The number of fused-ring (bicyclic) bond motifs is 1. The molecule has 3 aromatic rings. The monoisotopic (exact) mass is 361 g/mol. The van der Waals surface area contributed by atoms with Crippen molar-refractivity contribution in [1.29, 1.82) is 0 Å². The molecule has 0 radical (unpaired) electrons. The molecule has 2 aromatic heterocycles. The Balaban J connectivity index is 1.87. The number of pyridine rings is 1. The maximum atomic E-state index is 4.73. The van der Waals surface area contributed by atoms with E-state index in [2.05, 4.69) is 57.4 Å². The van der Waals surface area contributed by atoms with Gasteiger partial charge in [0.05, 0.1) is 15.2 Å². The van der Waals surface area contributed by atoms with E-state index in [0.717, 1.165) is 28.0 Å². The average Bonchev–Trinajstić information content (AvgIpc) is 2.89. The van der Waals surface area contributed by atoms with E-state index in [9.17, 15) is 0 Å². The van der Waals surface area contributed by atoms with Crippen molar-refractivity contribution >= 4 is 37.5 Å². The van der Waals surface area contributed by atoms with Crippen LogP contribution in [0.15, 0.2) is 47.2 Å². The molecule has 1 N–H and O–H groups in total. The first-order chi connectivity index (χ1) is 10.3. The fourth-order valence-corrected chi connectivity index (χ4v) is 3.75. The lowest BCUT2D eigenvalue weighted by molar-refractivity contribution is 0.547. The molecule has 3 rings (SSSR count). The fraction of sp³-hybridized carbons (Fsp3) is 0.250. The minimum atomic E-state index is 0.237. The van der Waals surface area contributed by atoms with Crippen LogP contribution in [0.3, 0.4) is 0 Å². The largest absolute Gasteiger partial charge is 0.310 e. The molecule has 0 saturated heterocycles. The minimum absolute atomic E-state index is 0.237. The molecule has 21 heavy (non-hydrogen) atoms. The molecule has 1 unspecified atom stereocenters. The zero-order valence-corrected chi connectivity index (χ0v) is 14.1. The third-order valence-electron chi connectivity index (χ3n) is 3.30. The summed E-state index contributed by atoms with van der Waals surface area (Å²) in [6, 6.07) is 10.6. The molecule has 5 heteroatoms. The Bertz CT molecular complexity index is 708. The molecule has 2 heterocycles. The summed E-state index contributed by atoms with van der Waals surface area (Å²) in [5, 5.41) is 4.68.